The van der Waals surface area contributed by atoms with Gasteiger partial charge in [-0.1, -0.05) is 66.7 Å². The van der Waals surface area contributed by atoms with Crippen LogP contribution in [-0.2, 0) is 4.79 Å². The molecule has 6 nitrogen and oxygen atoms in total. The minimum absolute atomic E-state index is 0.0563. The highest BCUT2D eigenvalue weighted by molar-refractivity contribution is 5.94. The number of rotatable bonds is 10. The van der Waals surface area contributed by atoms with E-state index in [1.54, 1.807) is 19.2 Å². The SMILES string of the molecule is COc1ccccc1C(CNC(=O)CC(NC(=O)c1ccccc1)c1ccccc1)N(C)C. The van der Waals surface area contributed by atoms with E-state index in [0.29, 0.717) is 12.1 Å². The number of likely N-dealkylation sites (N-methyl/N-ethyl adjacent to an activating group) is 1. The number of methoxy groups -OCH3 is 1. The maximum Gasteiger partial charge on any atom is 0.251 e. The number of benzene rings is 3. The van der Waals surface area contributed by atoms with E-state index in [1.807, 2.05) is 91.8 Å². The molecule has 0 heterocycles. The standard InChI is InChI=1S/C27H31N3O3/c1-30(2)24(22-16-10-11-17-25(22)33-3)19-28-26(31)18-23(20-12-6-4-7-13-20)29-27(32)21-14-8-5-9-15-21/h4-17,23-24H,18-19H2,1-3H3,(H,28,31)(H,29,32). The summed E-state index contributed by atoms with van der Waals surface area (Å²) in [4.78, 5) is 27.7. The minimum atomic E-state index is -0.442. The molecule has 0 radical (unpaired) electrons. The first-order valence-electron chi connectivity index (χ1n) is 11.0. The third-order valence-electron chi connectivity index (χ3n) is 5.55. The second-order valence-electron chi connectivity index (χ2n) is 8.03. The van der Waals surface area contributed by atoms with E-state index in [4.69, 9.17) is 4.74 Å². The Bertz CT molecular complexity index is 1040. The Morgan fingerprint density at radius 2 is 1.48 bits per heavy atom. The molecule has 0 aliphatic carbocycles. The number of amides is 2. The summed E-state index contributed by atoms with van der Waals surface area (Å²) in [5.74, 6) is 0.430. The summed E-state index contributed by atoms with van der Waals surface area (Å²) < 4.78 is 5.50. The van der Waals surface area contributed by atoms with Gasteiger partial charge in [0.2, 0.25) is 5.91 Å². The van der Waals surface area contributed by atoms with Gasteiger partial charge >= 0.3 is 0 Å². The predicted molar refractivity (Wildman–Crippen MR) is 130 cm³/mol. The molecule has 6 heteroatoms. The fourth-order valence-corrected chi connectivity index (χ4v) is 3.75. The zero-order chi connectivity index (χ0) is 23.6. The molecule has 0 spiro atoms. The van der Waals surface area contributed by atoms with Gasteiger partial charge in [-0.05, 0) is 37.9 Å². The van der Waals surface area contributed by atoms with Gasteiger partial charge in [0, 0.05) is 17.7 Å². The number of hydrogen-bond acceptors (Lipinski definition) is 4. The summed E-state index contributed by atoms with van der Waals surface area (Å²) in [7, 11) is 5.58. The first kappa shape index (κ1) is 24.0. The van der Waals surface area contributed by atoms with E-state index in [0.717, 1.165) is 16.9 Å². The monoisotopic (exact) mass is 445 g/mol. The second-order valence-corrected chi connectivity index (χ2v) is 8.03. The van der Waals surface area contributed by atoms with Crippen LogP contribution in [0.2, 0.25) is 0 Å². The minimum Gasteiger partial charge on any atom is -0.496 e. The number of nitrogens with zero attached hydrogens (tertiary/aromatic N) is 1. The number of ether oxygens (including phenoxy) is 1. The number of carbonyl (C=O) groups is 2. The summed E-state index contributed by atoms with van der Waals surface area (Å²) in [5, 5.41) is 6.05. The van der Waals surface area contributed by atoms with Crippen molar-refractivity contribution < 1.29 is 14.3 Å². The third-order valence-corrected chi connectivity index (χ3v) is 5.55. The lowest BCUT2D eigenvalue weighted by Gasteiger charge is -2.27. The van der Waals surface area contributed by atoms with Crippen molar-refractivity contribution in [3.63, 3.8) is 0 Å². The molecule has 3 aromatic rings. The first-order valence-corrected chi connectivity index (χ1v) is 11.0. The molecule has 0 aromatic heterocycles. The van der Waals surface area contributed by atoms with E-state index in [1.165, 1.54) is 0 Å². The van der Waals surface area contributed by atoms with Crippen LogP contribution in [0.5, 0.6) is 5.75 Å². The summed E-state index contributed by atoms with van der Waals surface area (Å²) in [5.41, 5.74) is 2.44. The number of nitrogens with one attached hydrogen (secondary N) is 2. The largest absolute Gasteiger partial charge is 0.496 e. The van der Waals surface area contributed by atoms with E-state index in [2.05, 4.69) is 10.6 Å². The summed E-state index contributed by atoms with van der Waals surface area (Å²) in [6.45, 7) is 0.417. The lowest BCUT2D eigenvalue weighted by atomic mass is 10.0. The van der Waals surface area contributed by atoms with Gasteiger partial charge in [0.05, 0.1) is 25.6 Å². The summed E-state index contributed by atoms with van der Waals surface area (Å²) in [6.07, 6.45) is 0.134. The van der Waals surface area contributed by atoms with Gasteiger partial charge < -0.3 is 20.3 Å². The summed E-state index contributed by atoms with van der Waals surface area (Å²) >= 11 is 0. The normalized spacial score (nSPS) is 12.6. The van der Waals surface area contributed by atoms with Crippen LogP contribution in [0.3, 0.4) is 0 Å². The predicted octanol–water partition coefficient (Wildman–Crippen LogP) is 3.98. The highest BCUT2D eigenvalue weighted by atomic mass is 16.5. The maximum atomic E-state index is 12.9. The zero-order valence-corrected chi connectivity index (χ0v) is 19.3. The number of carbonyl (C=O) groups excluding carboxylic acids is 2. The molecule has 2 unspecified atom stereocenters. The number of para-hydroxylation sites is 1. The van der Waals surface area contributed by atoms with E-state index in [9.17, 15) is 9.59 Å². The Hall–Kier alpha value is -3.64. The van der Waals surface area contributed by atoms with E-state index < -0.39 is 6.04 Å². The van der Waals surface area contributed by atoms with Crippen LogP contribution in [-0.4, -0.2) is 44.5 Å². The second kappa shape index (κ2) is 11.8. The van der Waals surface area contributed by atoms with Crippen molar-refractivity contribution >= 4 is 11.8 Å². The number of hydrogen-bond donors (Lipinski definition) is 2. The lowest BCUT2D eigenvalue weighted by molar-refractivity contribution is -0.121. The Morgan fingerprint density at radius 3 is 2.12 bits per heavy atom. The van der Waals surface area contributed by atoms with Crippen molar-refractivity contribution in [3.8, 4) is 5.75 Å². The molecule has 2 amide bonds. The van der Waals surface area contributed by atoms with Gasteiger partial charge in [-0.3, -0.25) is 9.59 Å². The molecule has 0 saturated carbocycles. The highest BCUT2D eigenvalue weighted by Crippen LogP contribution is 2.27. The average Bonchev–Trinajstić information content (AvgIpc) is 2.85. The molecule has 172 valence electrons. The Balaban J connectivity index is 1.70. The van der Waals surface area contributed by atoms with Crippen LogP contribution in [0, 0.1) is 0 Å². The van der Waals surface area contributed by atoms with Crippen LogP contribution in [0.25, 0.3) is 0 Å². The Morgan fingerprint density at radius 1 is 0.879 bits per heavy atom. The van der Waals surface area contributed by atoms with Crippen LogP contribution >= 0.6 is 0 Å². The van der Waals surface area contributed by atoms with Crippen LogP contribution in [0.4, 0.5) is 0 Å². The van der Waals surface area contributed by atoms with Crippen LogP contribution < -0.4 is 15.4 Å². The van der Waals surface area contributed by atoms with E-state index >= 15 is 0 Å². The third kappa shape index (κ3) is 6.67. The van der Waals surface area contributed by atoms with Crippen molar-refractivity contribution in [1.29, 1.82) is 0 Å². The zero-order valence-electron chi connectivity index (χ0n) is 19.3. The Kier molecular flexibility index (Phi) is 8.61. The molecule has 0 aliphatic rings. The summed E-state index contributed by atoms with van der Waals surface area (Å²) in [6, 6.07) is 25.9. The maximum absolute atomic E-state index is 12.9. The van der Waals surface area contributed by atoms with Gasteiger partial charge in [0.15, 0.2) is 0 Å². The molecule has 0 bridgehead atoms. The molecule has 0 fully saturated rings. The van der Waals surface area contributed by atoms with Crippen LogP contribution in [0.15, 0.2) is 84.9 Å². The smallest absolute Gasteiger partial charge is 0.251 e. The van der Waals surface area contributed by atoms with Crippen molar-refractivity contribution in [3.05, 3.63) is 102 Å². The van der Waals surface area contributed by atoms with E-state index in [-0.39, 0.29) is 24.3 Å². The van der Waals surface area contributed by atoms with Crippen molar-refractivity contribution in [1.82, 2.24) is 15.5 Å². The van der Waals surface area contributed by atoms with Gasteiger partial charge in [0.25, 0.3) is 5.91 Å². The van der Waals surface area contributed by atoms with Gasteiger partial charge in [-0.2, -0.15) is 0 Å². The van der Waals surface area contributed by atoms with Gasteiger partial charge in [-0.25, -0.2) is 0 Å². The molecular weight excluding hydrogens is 414 g/mol. The molecule has 3 rings (SSSR count). The molecule has 33 heavy (non-hydrogen) atoms. The Labute approximate surface area is 195 Å². The van der Waals surface area contributed by atoms with Gasteiger partial charge in [0.1, 0.15) is 5.75 Å². The van der Waals surface area contributed by atoms with Gasteiger partial charge in [-0.15, -0.1) is 0 Å². The quantitative estimate of drug-likeness (QED) is 0.495. The van der Waals surface area contributed by atoms with Crippen molar-refractivity contribution in [2.75, 3.05) is 27.7 Å². The molecule has 2 N–H and O–H groups in total. The van der Waals surface area contributed by atoms with Crippen molar-refractivity contribution in [2.45, 2.75) is 18.5 Å². The molecule has 0 aliphatic heterocycles. The average molecular weight is 446 g/mol. The first-order chi connectivity index (χ1) is 16.0. The van der Waals surface area contributed by atoms with Crippen molar-refractivity contribution in [2.24, 2.45) is 0 Å². The molecule has 0 saturated heterocycles. The fourth-order valence-electron chi connectivity index (χ4n) is 3.75. The molecule has 3 aromatic carbocycles. The highest BCUT2D eigenvalue weighted by Gasteiger charge is 2.22. The van der Waals surface area contributed by atoms with Crippen LogP contribution in [0.1, 0.15) is 40.0 Å². The fraction of sp³-hybridized carbons (Fsp3) is 0.259. The molecule has 2 atom stereocenters. The topological polar surface area (TPSA) is 70.7 Å². The lowest BCUT2D eigenvalue weighted by Crippen LogP contribution is -2.37. The molecular formula is C27H31N3O3.